The number of nitrogens with zero attached hydrogens (tertiary/aromatic N) is 1. The van der Waals surface area contributed by atoms with Crippen molar-refractivity contribution in [3.05, 3.63) is 102 Å². The van der Waals surface area contributed by atoms with E-state index in [9.17, 15) is 13.2 Å². The van der Waals surface area contributed by atoms with Gasteiger partial charge >= 0.3 is 0 Å². The predicted octanol–water partition coefficient (Wildman–Crippen LogP) is 5.60. The number of carbonyl (C=O) groups is 1. The minimum Gasteiger partial charge on any atom is -0.324 e. The first-order chi connectivity index (χ1) is 15.7. The zero-order chi connectivity index (χ0) is 23.6. The highest BCUT2D eigenvalue weighted by Gasteiger charge is 2.28. The number of hydrogen-bond donors (Lipinski definition) is 1. The molecule has 0 unspecified atom stereocenters. The SMILES string of the molecule is Cc1ccc(S(=O)(=O)N(CC(=O)Nc2ccc3ccccc3c2)c2cc(C)ccc2C)cc1. The number of sulfonamides is 1. The standard InChI is InChI=1S/C27H26N2O3S/c1-19-9-14-25(15-10-19)33(31,32)29(26-16-20(2)8-11-21(26)3)18-27(30)28-24-13-12-22-6-4-5-7-23(22)17-24/h4-17H,18H2,1-3H3,(H,28,30). The molecule has 0 aliphatic heterocycles. The fourth-order valence-corrected chi connectivity index (χ4v) is 5.20. The largest absolute Gasteiger partial charge is 0.324 e. The van der Waals surface area contributed by atoms with Crippen LogP contribution in [0.3, 0.4) is 0 Å². The number of nitrogens with one attached hydrogen (secondary N) is 1. The van der Waals surface area contributed by atoms with Crippen molar-refractivity contribution in [1.29, 1.82) is 0 Å². The molecule has 0 atom stereocenters. The molecule has 6 heteroatoms. The van der Waals surface area contributed by atoms with Gasteiger partial charge in [-0.2, -0.15) is 0 Å². The summed E-state index contributed by atoms with van der Waals surface area (Å²) < 4.78 is 28.4. The van der Waals surface area contributed by atoms with Crippen molar-refractivity contribution < 1.29 is 13.2 Å². The van der Waals surface area contributed by atoms with Crippen LogP contribution in [0.5, 0.6) is 0 Å². The number of anilines is 2. The molecule has 0 aliphatic rings. The summed E-state index contributed by atoms with van der Waals surface area (Å²) >= 11 is 0. The van der Waals surface area contributed by atoms with Gasteiger partial charge in [-0.3, -0.25) is 9.10 Å². The number of benzene rings is 4. The van der Waals surface area contributed by atoms with E-state index in [4.69, 9.17) is 0 Å². The van der Waals surface area contributed by atoms with E-state index in [0.717, 1.165) is 27.5 Å². The Balaban J connectivity index is 1.68. The Bertz CT molecular complexity index is 1430. The molecule has 0 spiro atoms. The molecule has 0 radical (unpaired) electrons. The van der Waals surface area contributed by atoms with Crippen molar-refractivity contribution >= 4 is 38.1 Å². The van der Waals surface area contributed by atoms with Gasteiger partial charge in [-0.1, -0.05) is 60.2 Å². The van der Waals surface area contributed by atoms with Crippen LogP contribution in [0.1, 0.15) is 16.7 Å². The molecule has 1 amide bonds. The van der Waals surface area contributed by atoms with Gasteiger partial charge in [0.15, 0.2) is 0 Å². The van der Waals surface area contributed by atoms with Crippen molar-refractivity contribution in [2.75, 3.05) is 16.2 Å². The minimum absolute atomic E-state index is 0.146. The second-order valence-electron chi connectivity index (χ2n) is 8.22. The van der Waals surface area contributed by atoms with E-state index < -0.39 is 15.9 Å². The van der Waals surface area contributed by atoms with Crippen LogP contribution in [0.4, 0.5) is 11.4 Å². The van der Waals surface area contributed by atoms with E-state index in [1.165, 1.54) is 4.31 Å². The van der Waals surface area contributed by atoms with Crippen LogP contribution >= 0.6 is 0 Å². The van der Waals surface area contributed by atoms with E-state index in [1.54, 1.807) is 30.3 Å². The van der Waals surface area contributed by atoms with Crippen molar-refractivity contribution in [3.8, 4) is 0 Å². The summed E-state index contributed by atoms with van der Waals surface area (Å²) in [6.45, 7) is 5.30. The average Bonchev–Trinajstić information content (AvgIpc) is 2.79. The van der Waals surface area contributed by atoms with Crippen LogP contribution in [0.25, 0.3) is 10.8 Å². The number of hydrogen-bond acceptors (Lipinski definition) is 3. The zero-order valence-electron chi connectivity index (χ0n) is 18.9. The maximum absolute atomic E-state index is 13.6. The molecule has 4 aromatic rings. The molecule has 0 saturated carbocycles. The van der Waals surface area contributed by atoms with Crippen LogP contribution in [0.2, 0.25) is 0 Å². The monoisotopic (exact) mass is 458 g/mol. The van der Waals surface area contributed by atoms with Gasteiger partial charge in [0.25, 0.3) is 10.0 Å². The smallest absolute Gasteiger partial charge is 0.264 e. The summed E-state index contributed by atoms with van der Waals surface area (Å²) in [6, 6.07) is 25.7. The van der Waals surface area contributed by atoms with E-state index >= 15 is 0 Å². The number of fused-ring (bicyclic) bond motifs is 1. The Morgan fingerprint density at radius 1 is 0.788 bits per heavy atom. The maximum atomic E-state index is 13.6. The Labute approximate surface area is 194 Å². The lowest BCUT2D eigenvalue weighted by molar-refractivity contribution is -0.114. The fourth-order valence-electron chi connectivity index (χ4n) is 3.72. The second kappa shape index (κ2) is 9.08. The highest BCUT2D eigenvalue weighted by molar-refractivity contribution is 7.92. The second-order valence-corrected chi connectivity index (χ2v) is 10.1. The predicted molar refractivity (Wildman–Crippen MR) is 134 cm³/mol. The summed E-state index contributed by atoms with van der Waals surface area (Å²) in [7, 11) is -3.96. The van der Waals surface area contributed by atoms with Crippen LogP contribution in [0.15, 0.2) is 89.8 Å². The highest BCUT2D eigenvalue weighted by atomic mass is 32.2. The molecule has 4 rings (SSSR count). The van der Waals surface area contributed by atoms with E-state index in [-0.39, 0.29) is 11.4 Å². The summed E-state index contributed by atoms with van der Waals surface area (Å²) in [6.07, 6.45) is 0. The first-order valence-corrected chi connectivity index (χ1v) is 12.1. The third-order valence-electron chi connectivity index (χ3n) is 5.56. The summed E-state index contributed by atoms with van der Waals surface area (Å²) in [5.41, 5.74) is 3.75. The third-order valence-corrected chi connectivity index (χ3v) is 7.34. The molecule has 168 valence electrons. The molecule has 0 saturated heterocycles. The Hall–Kier alpha value is -3.64. The average molecular weight is 459 g/mol. The maximum Gasteiger partial charge on any atom is 0.264 e. The molecule has 0 aliphatic carbocycles. The Morgan fingerprint density at radius 3 is 2.18 bits per heavy atom. The van der Waals surface area contributed by atoms with Gasteiger partial charge in [-0.25, -0.2) is 8.42 Å². The summed E-state index contributed by atoms with van der Waals surface area (Å²) in [5.74, 6) is -0.415. The quantitative estimate of drug-likeness (QED) is 0.409. The van der Waals surface area contributed by atoms with Crippen molar-refractivity contribution in [2.24, 2.45) is 0 Å². The summed E-state index contributed by atoms with van der Waals surface area (Å²) in [4.78, 5) is 13.2. The van der Waals surface area contributed by atoms with E-state index in [2.05, 4.69) is 5.32 Å². The van der Waals surface area contributed by atoms with Gasteiger partial charge < -0.3 is 5.32 Å². The van der Waals surface area contributed by atoms with E-state index in [0.29, 0.717) is 11.4 Å². The van der Waals surface area contributed by atoms with Crippen LogP contribution in [-0.2, 0) is 14.8 Å². The number of rotatable bonds is 6. The van der Waals surface area contributed by atoms with Gasteiger partial charge in [0.2, 0.25) is 5.91 Å². The third kappa shape index (κ3) is 4.91. The molecule has 0 aromatic heterocycles. The van der Waals surface area contributed by atoms with Crippen LogP contribution in [-0.4, -0.2) is 20.9 Å². The van der Waals surface area contributed by atoms with Crippen molar-refractivity contribution in [1.82, 2.24) is 0 Å². The highest BCUT2D eigenvalue weighted by Crippen LogP contribution is 2.28. The van der Waals surface area contributed by atoms with Gasteiger partial charge in [0.05, 0.1) is 10.6 Å². The Morgan fingerprint density at radius 2 is 1.45 bits per heavy atom. The molecular formula is C27H26N2O3S. The minimum atomic E-state index is -3.96. The van der Waals surface area contributed by atoms with Crippen LogP contribution < -0.4 is 9.62 Å². The van der Waals surface area contributed by atoms with Gasteiger partial charge in [0.1, 0.15) is 6.54 Å². The Kier molecular flexibility index (Phi) is 6.20. The van der Waals surface area contributed by atoms with E-state index in [1.807, 2.05) is 75.4 Å². The molecule has 5 nitrogen and oxygen atoms in total. The fraction of sp³-hybridized carbons (Fsp3) is 0.148. The molecule has 1 N–H and O–H groups in total. The topological polar surface area (TPSA) is 66.5 Å². The number of amides is 1. The summed E-state index contributed by atoms with van der Waals surface area (Å²) in [5, 5.41) is 4.91. The molecule has 0 fully saturated rings. The molecule has 4 aromatic carbocycles. The molecule has 0 bridgehead atoms. The lowest BCUT2D eigenvalue weighted by Gasteiger charge is -2.26. The van der Waals surface area contributed by atoms with Crippen molar-refractivity contribution in [3.63, 3.8) is 0 Å². The number of aryl methyl sites for hydroxylation is 3. The van der Waals surface area contributed by atoms with Gasteiger partial charge in [-0.15, -0.1) is 0 Å². The first-order valence-electron chi connectivity index (χ1n) is 10.7. The molecule has 0 heterocycles. The number of carbonyl (C=O) groups excluding carboxylic acids is 1. The lowest BCUT2D eigenvalue weighted by Crippen LogP contribution is -2.38. The molecular weight excluding hydrogens is 432 g/mol. The molecule has 33 heavy (non-hydrogen) atoms. The van der Waals surface area contributed by atoms with Gasteiger partial charge in [-0.05, 0) is 73.0 Å². The van der Waals surface area contributed by atoms with Crippen LogP contribution in [0, 0.1) is 20.8 Å². The normalized spacial score (nSPS) is 11.4. The van der Waals surface area contributed by atoms with Crippen molar-refractivity contribution in [2.45, 2.75) is 25.7 Å². The van der Waals surface area contributed by atoms with Gasteiger partial charge in [0, 0.05) is 5.69 Å². The zero-order valence-corrected chi connectivity index (χ0v) is 19.7. The first kappa shape index (κ1) is 22.6. The lowest BCUT2D eigenvalue weighted by atomic mass is 10.1.